The molecule has 3 aliphatic rings. The first kappa shape index (κ1) is 17.9. The molecule has 3 saturated heterocycles. The van der Waals surface area contributed by atoms with Gasteiger partial charge in [0.1, 0.15) is 0 Å². The summed E-state index contributed by atoms with van der Waals surface area (Å²) in [6, 6.07) is 18.2. The molecule has 3 aliphatic heterocycles. The van der Waals surface area contributed by atoms with Gasteiger partial charge in [-0.3, -0.25) is 4.79 Å². The van der Waals surface area contributed by atoms with Gasteiger partial charge in [0.05, 0.1) is 18.2 Å². The van der Waals surface area contributed by atoms with Gasteiger partial charge in [-0.25, -0.2) is 0 Å². The quantitative estimate of drug-likeness (QED) is 0.818. The number of ether oxygens (including phenoxy) is 1. The Morgan fingerprint density at radius 2 is 1.89 bits per heavy atom. The Bertz CT molecular complexity index is 881. The lowest BCUT2D eigenvalue weighted by Crippen LogP contribution is -2.40. The zero-order chi connectivity index (χ0) is 19.3. The highest BCUT2D eigenvalue weighted by molar-refractivity contribution is 6.01. The van der Waals surface area contributed by atoms with Crippen LogP contribution in [-0.4, -0.2) is 61.1 Å². The van der Waals surface area contributed by atoms with Crippen LogP contribution in [0.2, 0.25) is 0 Å². The Hall–Kier alpha value is -2.17. The van der Waals surface area contributed by atoms with Crippen LogP contribution in [-0.2, 0) is 4.74 Å². The summed E-state index contributed by atoms with van der Waals surface area (Å²) in [5.41, 5.74) is 2.79. The molecule has 3 heterocycles. The summed E-state index contributed by atoms with van der Waals surface area (Å²) in [7, 11) is 4.26. The van der Waals surface area contributed by atoms with E-state index < -0.39 is 0 Å². The molecule has 28 heavy (non-hydrogen) atoms. The highest BCUT2D eigenvalue weighted by Crippen LogP contribution is 2.55. The molecule has 0 N–H and O–H groups in total. The molecule has 2 aromatic carbocycles. The molecule has 0 saturated carbocycles. The standard InChI is InChI=1S/C24H28N2O2/c1-25(2)14-20-21-15-26(16-24(21)13-12-22(20)28-24)23(27)19-11-7-6-10-18(19)17-8-4-3-5-9-17/h3-11,20-22H,12-16H2,1-2H3/t20-,21+,22+,24+/m0/s1. The SMILES string of the molecule is CN(C)C[C@H]1[C@H]2CN(C(=O)c3ccccc3-c3ccccc3)C[C@]23CC[C@H]1O3. The second kappa shape index (κ2) is 6.71. The third-order valence-electron chi connectivity index (χ3n) is 6.89. The molecule has 0 radical (unpaired) electrons. The minimum absolute atomic E-state index is 0.108. The van der Waals surface area contributed by atoms with Gasteiger partial charge in [-0.1, -0.05) is 48.5 Å². The molecule has 1 spiro atoms. The Labute approximate surface area is 167 Å². The van der Waals surface area contributed by atoms with Crippen LogP contribution in [0.25, 0.3) is 11.1 Å². The molecule has 5 rings (SSSR count). The molecule has 0 unspecified atom stereocenters. The van der Waals surface area contributed by atoms with Crippen LogP contribution in [0.3, 0.4) is 0 Å². The summed E-state index contributed by atoms with van der Waals surface area (Å²) in [4.78, 5) is 17.8. The van der Waals surface area contributed by atoms with Gasteiger partial charge < -0.3 is 14.5 Å². The van der Waals surface area contributed by atoms with Crippen molar-refractivity contribution in [3.05, 3.63) is 60.2 Å². The van der Waals surface area contributed by atoms with E-state index in [1.807, 2.05) is 36.4 Å². The first-order valence-corrected chi connectivity index (χ1v) is 10.3. The Morgan fingerprint density at radius 1 is 1.14 bits per heavy atom. The molecule has 3 fully saturated rings. The van der Waals surface area contributed by atoms with E-state index in [9.17, 15) is 4.79 Å². The van der Waals surface area contributed by atoms with Crippen LogP contribution >= 0.6 is 0 Å². The fourth-order valence-electron chi connectivity index (χ4n) is 5.72. The molecule has 4 atom stereocenters. The number of amides is 1. The Balaban J connectivity index is 1.43. The number of benzene rings is 2. The van der Waals surface area contributed by atoms with Crippen molar-refractivity contribution in [2.75, 3.05) is 33.7 Å². The smallest absolute Gasteiger partial charge is 0.254 e. The van der Waals surface area contributed by atoms with Crippen molar-refractivity contribution in [3.63, 3.8) is 0 Å². The van der Waals surface area contributed by atoms with Crippen molar-refractivity contribution in [2.45, 2.75) is 24.5 Å². The first-order chi connectivity index (χ1) is 13.6. The van der Waals surface area contributed by atoms with Crippen LogP contribution < -0.4 is 0 Å². The largest absolute Gasteiger partial charge is 0.369 e. The third kappa shape index (κ3) is 2.78. The van der Waals surface area contributed by atoms with E-state index in [0.29, 0.717) is 17.9 Å². The molecule has 1 amide bonds. The van der Waals surface area contributed by atoms with Gasteiger partial charge in [-0.05, 0) is 44.1 Å². The monoisotopic (exact) mass is 376 g/mol. The van der Waals surface area contributed by atoms with E-state index >= 15 is 0 Å². The minimum atomic E-state index is -0.108. The van der Waals surface area contributed by atoms with E-state index in [4.69, 9.17) is 4.74 Å². The predicted octanol–water partition coefficient (Wildman–Crippen LogP) is 3.53. The summed E-state index contributed by atoms with van der Waals surface area (Å²) >= 11 is 0. The maximum Gasteiger partial charge on any atom is 0.254 e. The number of rotatable bonds is 4. The minimum Gasteiger partial charge on any atom is -0.369 e. The van der Waals surface area contributed by atoms with E-state index in [1.54, 1.807) is 0 Å². The van der Waals surface area contributed by atoms with Crippen LogP contribution in [0.4, 0.5) is 0 Å². The first-order valence-electron chi connectivity index (χ1n) is 10.3. The van der Waals surface area contributed by atoms with Crippen molar-refractivity contribution in [1.29, 1.82) is 0 Å². The zero-order valence-corrected chi connectivity index (χ0v) is 16.7. The number of fused-ring (bicyclic) bond motifs is 1. The van der Waals surface area contributed by atoms with Gasteiger partial charge in [0.15, 0.2) is 0 Å². The van der Waals surface area contributed by atoms with E-state index in [1.165, 1.54) is 0 Å². The van der Waals surface area contributed by atoms with Crippen LogP contribution in [0, 0.1) is 11.8 Å². The lowest BCUT2D eigenvalue weighted by Gasteiger charge is -2.30. The van der Waals surface area contributed by atoms with Crippen LogP contribution in [0.15, 0.2) is 54.6 Å². The summed E-state index contributed by atoms with van der Waals surface area (Å²) in [6.07, 6.45) is 2.61. The molecular weight excluding hydrogens is 348 g/mol. The second-order valence-electron chi connectivity index (χ2n) is 8.89. The fraction of sp³-hybridized carbons (Fsp3) is 0.458. The molecule has 0 aromatic heterocycles. The van der Waals surface area contributed by atoms with Gasteiger partial charge in [0, 0.05) is 30.5 Å². The molecule has 2 bridgehead atoms. The average Bonchev–Trinajstić information content (AvgIpc) is 3.37. The lowest BCUT2D eigenvalue weighted by atomic mass is 9.73. The normalized spacial score (nSPS) is 30.8. The molecule has 2 aromatic rings. The summed E-state index contributed by atoms with van der Waals surface area (Å²) in [5.74, 6) is 1.13. The van der Waals surface area contributed by atoms with Gasteiger partial charge in [-0.2, -0.15) is 0 Å². The number of likely N-dealkylation sites (tertiary alicyclic amines) is 1. The topological polar surface area (TPSA) is 32.8 Å². The maximum absolute atomic E-state index is 13.5. The summed E-state index contributed by atoms with van der Waals surface area (Å²) in [6.45, 7) is 2.59. The lowest BCUT2D eigenvalue weighted by molar-refractivity contribution is 0.00257. The predicted molar refractivity (Wildman–Crippen MR) is 110 cm³/mol. The van der Waals surface area contributed by atoms with Crippen molar-refractivity contribution in [2.24, 2.45) is 11.8 Å². The highest BCUT2D eigenvalue weighted by atomic mass is 16.5. The van der Waals surface area contributed by atoms with Gasteiger partial charge in [0.25, 0.3) is 5.91 Å². The number of carbonyl (C=O) groups excluding carboxylic acids is 1. The van der Waals surface area contributed by atoms with Crippen LogP contribution in [0.1, 0.15) is 23.2 Å². The van der Waals surface area contributed by atoms with Crippen molar-refractivity contribution < 1.29 is 9.53 Å². The van der Waals surface area contributed by atoms with Gasteiger partial charge >= 0.3 is 0 Å². The van der Waals surface area contributed by atoms with Crippen molar-refractivity contribution >= 4 is 5.91 Å². The molecule has 0 aliphatic carbocycles. The van der Waals surface area contributed by atoms with Crippen LogP contribution in [0.5, 0.6) is 0 Å². The maximum atomic E-state index is 13.5. The van der Waals surface area contributed by atoms with Gasteiger partial charge in [-0.15, -0.1) is 0 Å². The molecule has 4 nitrogen and oxygen atoms in total. The second-order valence-corrected chi connectivity index (χ2v) is 8.89. The van der Waals surface area contributed by atoms with E-state index in [0.717, 1.165) is 49.2 Å². The number of nitrogens with zero attached hydrogens (tertiary/aromatic N) is 2. The highest BCUT2D eigenvalue weighted by Gasteiger charge is 2.63. The average molecular weight is 377 g/mol. The fourth-order valence-corrected chi connectivity index (χ4v) is 5.72. The Morgan fingerprint density at radius 3 is 2.68 bits per heavy atom. The number of hydrogen-bond acceptors (Lipinski definition) is 3. The van der Waals surface area contributed by atoms with E-state index in [-0.39, 0.29) is 11.5 Å². The van der Waals surface area contributed by atoms with Crippen molar-refractivity contribution in [3.8, 4) is 11.1 Å². The molecule has 146 valence electrons. The number of hydrogen-bond donors (Lipinski definition) is 0. The summed E-state index contributed by atoms with van der Waals surface area (Å²) < 4.78 is 6.51. The third-order valence-corrected chi connectivity index (χ3v) is 6.89. The van der Waals surface area contributed by atoms with Crippen molar-refractivity contribution in [1.82, 2.24) is 9.80 Å². The summed E-state index contributed by atoms with van der Waals surface area (Å²) in [5, 5.41) is 0. The zero-order valence-electron chi connectivity index (χ0n) is 16.7. The Kier molecular flexibility index (Phi) is 4.29. The number of carbonyl (C=O) groups is 1. The van der Waals surface area contributed by atoms with E-state index in [2.05, 4.69) is 42.1 Å². The van der Waals surface area contributed by atoms with Gasteiger partial charge in [0.2, 0.25) is 0 Å². The molecule has 4 heteroatoms. The molecular formula is C24H28N2O2.